The number of hydrogen-bond donors (Lipinski definition) is 0. The van der Waals surface area contributed by atoms with Crippen LogP contribution in [0.5, 0.6) is 0 Å². The normalized spacial score (nSPS) is 21.1. The standard InChI is InChI=1S/C20H17.2ClH.Zr/c1-13-11-15-7-3-5-9-17(15)19(13)20-14(2)12-16-8-4-6-10-18(16)20;;;/h3-12,19H,1-2H3;2*1H;/q;;;+2/p-2. The molecular weight excluding hydrogens is 402 g/mol. The predicted octanol–water partition coefficient (Wildman–Crippen LogP) is -0.730. The summed E-state index contributed by atoms with van der Waals surface area (Å²) in [6, 6.07) is 17.8. The molecule has 0 aliphatic heterocycles. The fraction of sp³-hybridized carbons (Fsp3) is 0.200. The van der Waals surface area contributed by atoms with Gasteiger partial charge in [0.05, 0.1) is 0 Å². The Balaban J connectivity index is 0.000000960. The third kappa shape index (κ3) is 2.82. The van der Waals surface area contributed by atoms with Crippen molar-refractivity contribution in [2.24, 2.45) is 0 Å². The van der Waals surface area contributed by atoms with Gasteiger partial charge in [-0.25, -0.2) is 0 Å². The van der Waals surface area contributed by atoms with Crippen molar-refractivity contribution in [2.45, 2.75) is 23.4 Å². The molecule has 0 amide bonds. The Morgan fingerprint density at radius 1 is 0.826 bits per heavy atom. The number of fused-ring (bicyclic) bond motifs is 2. The van der Waals surface area contributed by atoms with Gasteiger partial charge in [-0.3, -0.25) is 0 Å². The van der Waals surface area contributed by atoms with Crippen molar-refractivity contribution in [1.29, 1.82) is 0 Å². The molecule has 0 nitrogen and oxygen atoms in total. The molecule has 4 rings (SSSR count). The molecule has 23 heavy (non-hydrogen) atoms. The topological polar surface area (TPSA) is 0 Å². The van der Waals surface area contributed by atoms with E-state index in [0.717, 1.165) is 0 Å². The van der Waals surface area contributed by atoms with E-state index in [9.17, 15) is 0 Å². The van der Waals surface area contributed by atoms with Crippen LogP contribution in [0.1, 0.15) is 45.6 Å². The molecule has 0 saturated carbocycles. The molecule has 2 aliphatic rings. The van der Waals surface area contributed by atoms with Crippen molar-refractivity contribution in [3.05, 3.63) is 81.9 Å². The zero-order valence-electron chi connectivity index (χ0n) is 13.1. The first-order valence-electron chi connectivity index (χ1n) is 7.46. The molecule has 0 fully saturated rings. The van der Waals surface area contributed by atoms with Crippen LogP contribution in [0.25, 0.3) is 11.6 Å². The number of benzene rings is 2. The van der Waals surface area contributed by atoms with Gasteiger partial charge in [0, 0.05) is 0 Å². The smallest absolute Gasteiger partial charge is 1.00 e. The van der Waals surface area contributed by atoms with E-state index in [1.165, 1.54) is 27.8 Å². The van der Waals surface area contributed by atoms with Crippen molar-refractivity contribution >= 4 is 11.6 Å². The van der Waals surface area contributed by atoms with Gasteiger partial charge in [-0.1, -0.05) is 0 Å². The molecule has 2 atom stereocenters. The van der Waals surface area contributed by atoms with E-state index in [4.69, 9.17) is 0 Å². The molecule has 2 unspecified atom stereocenters. The molecule has 2 aliphatic carbocycles. The Hall–Kier alpha value is -0.617. The second kappa shape index (κ2) is 7.10. The van der Waals surface area contributed by atoms with Gasteiger partial charge >= 0.3 is 142 Å². The van der Waals surface area contributed by atoms with Crippen LogP contribution in [0.4, 0.5) is 0 Å². The third-order valence-electron chi connectivity index (χ3n) is 4.85. The summed E-state index contributed by atoms with van der Waals surface area (Å²) in [5.41, 5.74) is 10.5. The van der Waals surface area contributed by atoms with Gasteiger partial charge in [-0.2, -0.15) is 0 Å². The van der Waals surface area contributed by atoms with Gasteiger partial charge in [0.2, 0.25) is 0 Å². The fourth-order valence-corrected chi connectivity index (χ4v) is 4.84. The summed E-state index contributed by atoms with van der Waals surface area (Å²) < 4.78 is 0.629. The summed E-state index contributed by atoms with van der Waals surface area (Å²) in [6.07, 6.45) is 2.36. The minimum atomic E-state index is 0. The summed E-state index contributed by atoms with van der Waals surface area (Å²) in [4.78, 5) is 0. The molecule has 0 saturated heterocycles. The number of rotatable bonds is 1. The molecule has 0 aromatic heterocycles. The molecule has 0 heterocycles. The number of allylic oxidation sites excluding steroid dienone is 3. The SMILES string of the molecule is CC1=Cc2ccccc2C1C1=C(C)[CH]([Zr+2])c2ccccc21.[Cl-].[Cl-]. The van der Waals surface area contributed by atoms with E-state index in [2.05, 4.69) is 68.5 Å². The van der Waals surface area contributed by atoms with Crippen LogP contribution in [0.2, 0.25) is 0 Å². The van der Waals surface area contributed by atoms with Crippen molar-refractivity contribution in [3.63, 3.8) is 0 Å². The molecule has 0 bridgehead atoms. The number of halogens is 2. The van der Waals surface area contributed by atoms with Crippen molar-refractivity contribution in [3.8, 4) is 0 Å². The first-order chi connectivity index (χ1) is 10.2. The average molecular weight is 419 g/mol. The minimum Gasteiger partial charge on any atom is -1.00 e. The van der Waals surface area contributed by atoms with Gasteiger partial charge in [0.1, 0.15) is 0 Å². The maximum Gasteiger partial charge on any atom is -1.00 e. The Labute approximate surface area is 165 Å². The van der Waals surface area contributed by atoms with Crippen LogP contribution >= 0.6 is 0 Å². The largest absolute Gasteiger partial charge is 1.00 e. The first kappa shape index (κ1) is 18.7. The number of hydrogen-bond acceptors (Lipinski definition) is 0. The van der Waals surface area contributed by atoms with Gasteiger partial charge in [-0.05, 0) is 0 Å². The van der Waals surface area contributed by atoms with Gasteiger partial charge in [-0.15, -0.1) is 0 Å². The predicted molar refractivity (Wildman–Crippen MR) is 84.6 cm³/mol. The van der Waals surface area contributed by atoms with Crippen molar-refractivity contribution < 1.29 is 49.5 Å². The van der Waals surface area contributed by atoms with E-state index in [0.29, 0.717) is 9.54 Å². The van der Waals surface area contributed by atoms with Gasteiger partial charge < -0.3 is 24.8 Å². The zero-order valence-corrected chi connectivity index (χ0v) is 17.1. The Morgan fingerprint density at radius 3 is 2.17 bits per heavy atom. The fourth-order valence-electron chi connectivity index (χ4n) is 3.84. The van der Waals surface area contributed by atoms with E-state index in [-0.39, 0.29) is 24.8 Å². The molecule has 0 radical (unpaired) electrons. The second-order valence-electron chi connectivity index (χ2n) is 6.07. The average Bonchev–Trinajstić information content (AvgIpc) is 2.95. The van der Waals surface area contributed by atoms with Crippen LogP contribution < -0.4 is 24.8 Å². The molecule has 2 aromatic rings. The second-order valence-corrected chi connectivity index (χ2v) is 7.49. The third-order valence-corrected chi connectivity index (χ3v) is 6.68. The summed E-state index contributed by atoms with van der Waals surface area (Å²) in [6.45, 7) is 4.62. The van der Waals surface area contributed by atoms with Crippen molar-refractivity contribution in [1.82, 2.24) is 0 Å². The molecular formula is C20H17Cl2Zr. The van der Waals surface area contributed by atoms with Crippen LogP contribution in [-0.2, 0) is 24.7 Å². The van der Waals surface area contributed by atoms with Crippen LogP contribution in [0, 0.1) is 0 Å². The first-order valence-corrected chi connectivity index (χ1v) is 8.88. The van der Waals surface area contributed by atoms with Crippen molar-refractivity contribution in [2.75, 3.05) is 0 Å². The van der Waals surface area contributed by atoms with E-state index in [1.54, 1.807) is 35.9 Å². The maximum atomic E-state index is 2.36. The van der Waals surface area contributed by atoms with Crippen LogP contribution in [-0.4, -0.2) is 0 Å². The Bertz CT molecular complexity index is 805. The van der Waals surface area contributed by atoms with E-state index >= 15 is 0 Å². The van der Waals surface area contributed by atoms with Crippen LogP contribution in [0.3, 0.4) is 0 Å². The summed E-state index contributed by atoms with van der Waals surface area (Å²) in [7, 11) is 0. The molecule has 3 heteroatoms. The maximum absolute atomic E-state index is 2.36. The van der Waals surface area contributed by atoms with E-state index in [1.807, 2.05) is 0 Å². The zero-order chi connectivity index (χ0) is 14.6. The Morgan fingerprint density at radius 2 is 1.43 bits per heavy atom. The summed E-state index contributed by atoms with van der Waals surface area (Å²) >= 11 is 1.60. The molecule has 0 spiro atoms. The quantitative estimate of drug-likeness (QED) is 0.572. The van der Waals surface area contributed by atoms with Gasteiger partial charge in [0.25, 0.3) is 0 Å². The molecule has 0 N–H and O–H groups in total. The summed E-state index contributed by atoms with van der Waals surface area (Å²) in [5.74, 6) is 0.452. The molecule has 2 aromatic carbocycles. The van der Waals surface area contributed by atoms with E-state index < -0.39 is 0 Å². The van der Waals surface area contributed by atoms with Gasteiger partial charge in [0.15, 0.2) is 0 Å². The minimum absolute atomic E-state index is 0. The summed E-state index contributed by atoms with van der Waals surface area (Å²) in [5, 5.41) is 0. The monoisotopic (exact) mass is 417 g/mol. The Kier molecular flexibility index (Phi) is 5.77. The van der Waals surface area contributed by atoms with Crippen LogP contribution in [0.15, 0.2) is 59.7 Å². The molecule has 115 valence electrons.